The van der Waals surface area contributed by atoms with Crippen molar-refractivity contribution in [3.05, 3.63) is 24.3 Å². The third-order valence-corrected chi connectivity index (χ3v) is 4.77. The van der Waals surface area contributed by atoms with Gasteiger partial charge in [-0.1, -0.05) is 115 Å². The number of hydrogen-bond donors (Lipinski definition) is 0. The Bertz CT molecular complexity index is 334. The van der Waals surface area contributed by atoms with Gasteiger partial charge in [0.1, 0.15) is 0 Å². The normalized spacial score (nSPS) is 11.5. The molecule has 0 heterocycles. The van der Waals surface area contributed by atoms with Crippen molar-refractivity contribution in [1.82, 2.24) is 0 Å². The average Bonchev–Trinajstić information content (AvgIpc) is 2.63. The fourth-order valence-electron chi connectivity index (χ4n) is 3.11. The first-order valence-electron chi connectivity index (χ1n) is 11.1. The number of nitriles is 1. The van der Waals surface area contributed by atoms with Crippen LogP contribution in [0.15, 0.2) is 24.3 Å². The molecule has 0 rings (SSSR count). The van der Waals surface area contributed by atoms with Crippen LogP contribution in [0.5, 0.6) is 0 Å². The molecule has 0 atom stereocenters. The van der Waals surface area contributed by atoms with Crippen LogP contribution in [-0.2, 0) is 0 Å². The number of hydrogen-bond acceptors (Lipinski definition) is 1. The summed E-state index contributed by atoms with van der Waals surface area (Å²) in [6.45, 7) is 2.29. The minimum absolute atomic E-state index is 0.674. The van der Waals surface area contributed by atoms with Crippen molar-refractivity contribution in [2.75, 3.05) is 0 Å². The molecule has 0 aromatic rings. The van der Waals surface area contributed by atoms with Gasteiger partial charge >= 0.3 is 0 Å². The smallest absolute Gasteiger partial charge is 0.0621 e. The highest BCUT2D eigenvalue weighted by atomic mass is 14.2. The van der Waals surface area contributed by atoms with Crippen LogP contribution < -0.4 is 0 Å². The minimum atomic E-state index is 0.674. The molecule has 0 aliphatic rings. The van der Waals surface area contributed by atoms with Gasteiger partial charge in [-0.15, -0.1) is 0 Å². The van der Waals surface area contributed by atoms with E-state index in [1.165, 1.54) is 96.3 Å². The van der Waals surface area contributed by atoms with Gasteiger partial charge in [0.15, 0.2) is 0 Å². The van der Waals surface area contributed by atoms with Crippen LogP contribution >= 0.6 is 0 Å². The summed E-state index contributed by atoms with van der Waals surface area (Å²) in [7, 11) is 0. The third kappa shape index (κ3) is 23.0. The van der Waals surface area contributed by atoms with Gasteiger partial charge in [-0.3, -0.25) is 0 Å². The van der Waals surface area contributed by atoms with Crippen molar-refractivity contribution in [2.45, 2.75) is 122 Å². The Balaban J connectivity index is 3.10. The standard InChI is InChI=1S/C24H43N/c1-2-3-4-5-6-7-8-9-10-11-12-13-14-15-16-17-18-19-20-21-22-23-24-25/h17-20H,2-16,21-23H2,1H3/b18-17+,20-19+. The summed E-state index contributed by atoms with van der Waals surface area (Å²) >= 11 is 0. The topological polar surface area (TPSA) is 23.8 Å². The van der Waals surface area contributed by atoms with E-state index in [0.29, 0.717) is 6.42 Å². The predicted molar refractivity (Wildman–Crippen MR) is 113 cm³/mol. The lowest BCUT2D eigenvalue weighted by Gasteiger charge is -2.02. The molecule has 0 aromatic heterocycles. The lowest BCUT2D eigenvalue weighted by atomic mass is 10.0. The molecule has 1 heteroatoms. The van der Waals surface area contributed by atoms with Crippen LogP contribution in [0.4, 0.5) is 0 Å². The SMILES string of the molecule is CCCCCCCCCCCCCCCC/C=C/C=C/CCCC#N. The molecule has 0 amide bonds. The van der Waals surface area contributed by atoms with Crippen LogP contribution in [0, 0.1) is 11.3 Å². The first-order valence-corrected chi connectivity index (χ1v) is 11.1. The van der Waals surface area contributed by atoms with E-state index in [9.17, 15) is 0 Å². The summed E-state index contributed by atoms with van der Waals surface area (Å²) in [4.78, 5) is 0. The van der Waals surface area contributed by atoms with E-state index < -0.39 is 0 Å². The summed E-state index contributed by atoms with van der Waals surface area (Å²) in [6.07, 6.45) is 32.6. The second kappa shape index (κ2) is 23.0. The van der Waals surface area contributed by atoms with Gasteiger partial charge < -0.3 is 0 Å². The van der Waals surface area contributed by atoms with Crippen LogP contribution in [0.2, 0.25) is 0 Å². The van der Waals surface area contributed by atoms with E-state index in [2.05, 4.69) is 37.3 Å². The Morgan fingerprint density at radius 2 is 0.960 bits per heavy atom. The summed E-state index contributed by atoms with van der Waals surface area (Å²) in [5.41, 5.74) is 0. The molecule has 0 aliphatic heterocycles. The van der Waals surface area contributed by atoms with Crippen LogP contribution in [0.25, 0.3) is 0 Å². The Hall–Kier alpha value is -1.03. The van der Waals surface area contributed by atoms with Crippen molar-refractivity contribution < 1.29 is 0 Å². The zero-order valence-corrected chi connectivity index (χ0v) is 17.0. The maximum absolute atomic E-state index is 8.44. The molecule has 0 fully saturated rings. The predicted octanol–water partition coefficient (Wildman–Crippen LogP) is 8.66. The molecule has 0 bridgehead atoms. The number of allylic oxidation sites excluding steroid dienone is 4. The molecule has 0 unspecified atom stereocenters. The third-order valence-electron chi connectivity index (χ3n) is 4.77. The Morgan fingerprint density at radius 3 is 1.40 bits per heavy atom. The molecule has 0 radical (unpaired) electrons. The van der Waals surface area contributed by atoms with E-state index in [1.54, 1.807) is 0 Å². The largest absolute Gasteiger partial charge is 0.198 e. The minimum Gasteiger partial charge on any atom is -0.198 e. The van der Waals surface area contributed by atoms with Crippen molar-refractivity contribution >= 4 is 0 Å². The summed E-state index contributed by atoms with van der Waals surface area (Å²) in [5.74, 6) is 0. The molecular formula is C24H43N. The van der Waals surface area contributed by atoms with Gasteiger partial charge in [-0.05, 0) is 25.7 Å². The molecule has 25 heavy (non-hydrogen) atoms. The number of unbranched alkanes of at least 4 members (excludes halogenated alkanes) is 16. The van der Waals surface area contributed by atoms with Gasteiger partial charge in [0, 0.05) is 6.42 Å². The van der Waals surface area contributed by atoms with Gasteiger partial charge in [-0.25, -0.2) is 0 Å². The zero-order chi connectivity index (χ0) is 18.3. The van der Waals surface area contributed by atoms with Crippen LogP contribution in [0.1, 0.15) is 122 Å². The van der Waals surface area contributed by atoms with Crippen LogP contribution in [0.3, 0.4) is 0 Å². The van der Waals surface area contributed by atoms with Gasteiger partial charge in [0.25, 0.3) is 0 Å². The highest BCUT2D eigenvalue weighted by Gasteiger charge is 1.93. The molecule has 0 N–H and O–H groups in total. The van der Waals surface area contributed by atoms with E-state index in [4.69, 9.17) is 5.26 Å². The quantitative estimate of drug-likeness (QED) is 0.170. The highest BCUT2D eigenvalue weighted by Crippen LogP contribution is 2.13. The monoisotopic (exact) mass is 345 g/mol. The molecule has 0 saturated heterocycles. The van der Waals surface area contributed by atoms with Gasteiger partial charge in [0.2, 0.25) is 0 Å². The second-order valence-electron chi connectivity index (χ2n) is 7.29. The summed E-state index contributed by atoms with van der Waals surface area (Å²) < 4.78 is 0. The Morgan fingerprint density at radius 1 is 0.560 bits per heavy atom. The van der Waals surface area contributed by atoms with Gasteiger partial charge in [0.05, 0.1) is 6.07 Å². The molecule has 144 valence electrons. The Labute approximate surface area is 158 Å². The highest BCUT2D eigenvalue weighted by molar-refractivity contribution is 5.02. The summed E-state index contributed by atoms with van der Waals surface area (Å²) in [6, 6.07) is 2.18. The second-order valence-corrected chi connectivity index (χ2v) is 7.29. The zero-order valence-electron chi connectivity index (χ0n) is 17.0. The Kier molecular flexibility index (Phi) is 22.0. The first-order chi connectivity index (χ1) is 12.4. The van der Waals surface area contributed by atoms with E-state index >= 15 is 0 Å². The average molecular weight is 346 g/mol. The molecule has 0 aromatic carbocycles. The fraction of sp³-hybridized carbons (Fsp3) is 0.792. The van der Waals surface area contributed by atoms with Crippen molar-refractivity contribution in [3.63, 3.8) is 0 Å². The van der Waals surface area contributed by atoms with E-state index in [-0.39, 0.29) is 0 Å². The fourth-order valence-corrected chi connectivity index (χ4v) is 3.11. The van der Waals surface area contributed by atoms with E-state index in [0.717, 1.165) is 12.8 Å². The molecule has 0 aliphatic carbocycles. The molecule has 0 saturated carbocycles. The molecule has 1 nitrogen and oxygen atoms in total. The lowest BCUT2D eigenvalue weighted by molar-refractivity contribution is 0.536. The lowest BCUT2D eigenvalue weighted by Crippen LogP contribution is -1.83. The van der Waals surface area contributed by atoms with Gasteiger partial charge in [-0.2, -0.15) is 5.26 Å². The van der Waals surface area contributed by atoms with Crippen molar-refractivity contribution in [2.24, 2.45) is 0 Å². The van der Waals surface area contributed by atoms with E-state index in [1.807, 2.05) is 0 Å². The first kappa shape index (κ1) is 24.0. The summed E-state index contributed by atoms with van der Waals surface area (Å²) in [5, 5.41) is 8.44. The van der Waals surface area contributed by atoms with Crippen LogP contribution in [-0.4, -0.2) is 0 Å². The van der Waals surface area contributed by atoms with Crippen molar-refractivity contribution in [3.8, 4) is 6.07 Å². The maximum Gasteiger partial charge on any atom is 0.0621 e. The molecular weight excluding hydrogens is 302 g/mol. The molecule has 0 spiro atoms. The number of nitrogens with zero attached hydrogens (tertiary/aromatic N) is 1. The maximum atomic E-state index is 8.44. The number of rotatable bonds is 19. The van der Waals surface area contributed by atoms with Crippen molar-refractivity contribution in [1.29, 1.82) is 5.26 Å².